The van der Waals surface area contributed by atoms with E-state index in [0.717, 1.165) is 24.0 Å². The van der Waals surface area contributed by atoms with Gasteiger partial charge in [-0.05, 0) is 26.7 Å². The van der Waals surface area contributed by atoms with Crippen LogP contribution in [0, 0.1) is 0 Å². The van der Waals surface area contributed by atoms with Crippen molar-refractivity contribution in [2.75, 3.05) is 16.8 Å². The first-order chi connectivity index (χ1) is 17.3. The van der Waals surface area contributed by atoms with Crippen LogP contribution < -0.4 is 21.5 Å². The molecule has 4 aromatic rings. The number of aromatic nitrogens is 8. The fourth-order valence-electron chi connectivity index (χ4n) is 4.41. The summed E-state index contributed by atoms with van der Waals surface area (Å²) in [7, 11) is 2.91. The smallest absolute Gasteiger partial charge is 0.332 e. The third-order valence-electron chi connectivity index (χ3n) is 6.60. The molecule has 1 saturated heterocycles. The van der Waals surface area contributed by atoms with E-state index in [4.69, 9.17) is 0 Å². The Labute approximate surface area is 205 Å². The molecule has 1 aliphatic rings. The summed E-state index contributed by atoms with van der Waals surface area (Å²) < 4.78 is 3.69. The number of nitrogens with zero attached hydrogens (tertiary/aromatic N) is 9. The van der Waals surface area contributed by atoms with Gasteiger partial charge in [-0.2, -0.15) is 0 Å². The normalized spacial score (nSPS) is 16.4. The van der Waals surface area contributed by atoms with Crippen LogP contribution in [-0.2, 0) is 18.9 Å². The molecule has 13 heteroatoms. The van der Waals surface area contributed by atoms with Crippen molar-refractivity contribution in [3.63, 3.8) is 0 Å². The number of imidazole rings is 1. The molecule has 0 bridgehead atoms. The van der Waals surface area contributed by atoms with E-state index in [1.54, 1.807) is 25.5 Å². The summed E-state index contributed by atoms with van der Waals surface area (Å²) in [5.41, 5.74) is 0.529. The zero-order valence-electron chi connectivity index (χ0n) is 20.4. The van der Waals surface area contributed by atoms with Gasteiger partial charge in [0.1, 0.15) is 6.04 Å². The van der Waals surface area contributed by atoms with Crippen molar-refractivity contribution in [2.45, 2.75) is 38.8 Å². The Morgan fingerprint density at radius 2 is 1.83 bits per heavy atom. The predicted octanol–water partition coefficient (Wildman–Crippen LogP) is 0.869. The molecule has 1 fully saturated rings. The quantitative estimate of drug-likeness (QED) is 0.430. The molecule has 1 amide bonds. The van der Waals surface area contributed by atoms with Gasteiger partial charge in [0, 0.05) is 44.6 Å². The molecule has 5 heterocycles. The second kappa shape index (κ2) is 8.98. The largest absolute Gasteiger partial charge is 0.338 e. The first-order valence-corrected chi connectivity index (χ1v) is 11.6. The standard InChI is InChI=1S/C23H26N10O3/c1-13-6-5-7-32(13)22-25-8-15(9-26-22)16-10-24-11-17(28-16)29-20(34)14(2)33-12-27-19-18(33)21(35)31(4)23(36)30(19)3/h8-14H,5-7H2,1-4H3,(H,28,29,34)/t13-,14-/m0/s1. The molecule has 1 N–H and O–H groups in total. The highest BCUT2D eigenvalue weighted by atomic mass is 16.2. The van der Waals surface area contributed by atoms with Gasteiger partial charge in [-0.25, -0.2) is 24.7 Å². The lowest BCUT2D eigenvalue weighted by Crippen LogP contribution is -2.38. The van der Waals surface area contributed by atoms with E-state index in [1.165, 1.54) is 35.8 Å². The monoisotopic (exact) mass is 490 g/mol. The summed E-state index contributed by atoms with van der Waals surface area (Å²) in [5.74, 6) is 0.504. The third-order valence-corrected chi connectivity index (χ3v) is 6.60. The average Bonchev–Trinajstić information content (AvgIpc) is 3.52. The molecule has 0 aliphatic carbocycles. The molecule has 0 unspecified atom stereocenters. The van der Waals surface area contributed by atoms with Gasteiger partial charge in [0.15, 0.2) is 17.0 Å². The number of hydrogen-bond acceptors (Lipinski definition) is 9. The van der Waals surface area contributed by atoms with Crippen LogP contribution in [0.25, 0.3) is 22.4 Å². The first-order valence-electron chi connectivity index (χ1n) is 11.6. The summed E-state index contributed by atoms with van der Waals surface area (Å²) in [5, 5.41) is 2.74. The lowest BCUT2D eigenvalue weighted by molar-refractivity contribution is -0.118. The second-order valence-electron chi connectivity index (χ2n) is 8.94. The van der Waals surface area contributed by atoms with Crippen LogP contribution in [0.5, 0.6) is 0 Å². The Balaban J connectivity index is 1.37. The van der Waals surface area contributed by atoms with E-state index < -0.39 is 23.2 Å². The molecule has 5 rings (SSSR count). The van der Waals surface area contributed by atoms with Gasteiger partial charge in [0.2, 0.25) is 11.9 Å². The van der Waals surface area contributed by atoms with E-state index in [1.807, 2.05) is 0 Å². The highest BCUT2D eigenvalue weighted by molar-refractivity contribution is 5.93. The molecule has 0 aromatic carbocycles. The predicted molar refractivity (Wildman–Crippen MR) is 133 cm³/mol. The van der Waals surface area contributed by atoms with Crippen molar-refractivity contribution < 1.29 is 4.79 Å². The van der Waals surface area contributed by atoms with Crippen LogP contribution in [0.3, 0.4) is 0 Å². The highest BCUT2D eigenvalue weighted by Crippen LogP contribution is 2.24. The highest BCUT2D eigenvalue weighted by Gasteiger charge is 2.24. The van der Waals surface area contributed by atoms with Crippen LogP contribution in [0.15, 0.2) is 40.7 Å². The lowest BCUT2D eigenvalue weighted by atomic mass is 10.2. The van der Waals surface area contributed by atoms with Crippen molar-refractivity contribution in [1.82, 2.24) is 38.6 Å². The van der Waals surface area contributed by atoms with Crippen molar-refractivity contribution in [2.24, 2.45) is 14.1 Å². The average molecular weight is 491 g/mol. The molecule has 4 aromatic heterocycles. The molecule has 1 aliphatic heterocycles. The van der Waals surface area contributed by atoms with Gasteiger partial charge in [0.05, 0.1) is 24.4 Å². The van der Waals surface area contributed by atoms with E-state index in [-0.39, 0.29) is 17.0 Å². The Morgan fingerprint density at radius 1 is 1.08 bits per heavy atom. The zero-order valence-corrected chi connectivity index (χ0v) is 20.4. The van der Waals surface area contributed by atoms with E-state index in [2.05, 4.69) is 42.1 Å². The summed E-state index contributed by atoms with van der Waals surface area (Å²) in [6.07, 6.45) is 10.0. The SMILES string of the molecule is C[C@H]1CCCN1c1ncc(-c2cncc(NC(=O)[C@H](C)n3cnc4c3c(=O)n(C)c(=O)n4C)n2)cn1. The Morgan fingerprint density at radius 3 is 2.53 bits per heavy atom. The molecule has 0 saturated carbocycles. The van der Waals surface area contributed by atoms with Gasteiger partial charge >= 0.3 is 5.69 Å². The van der Waals surface area contributed by atoms with Crippen molar-refractivity contribution in [3.8, 4) is 11.3 Å². The van der Waals surface area contributed by atoms with E-state index in [9.17, 15) is 14.4 Å². The summed E-state index contributed by atoms with van der Waals surface area (Å²) in [4.78, 5) is 61.9. The molecule has 0 spiro atoms. The van der Waals surface area contributed by atoms with Crippen LogP contribution >= 0.6 is 0 Å². The number of fused-ring (bicyclic) bond motifs is 1. The summed E-state index contributed by atoms with van der Waals surface area (Å²) >= 11 is 0. The molecular formula is C23H26N10O3. The van der Waals surface area contributed by atoms with Crippen molar-refractivity contribution in [3.05, 3.63) is 52.0 Å². The number of hydrogen-bond donors (Lipinski definition) is 1. The van der Waals surface area contributed by atoms with Gasteiger partial charge in [-0.3, -0.25) is 23.7 Å². The molecule has 0 radical (unpaired) electrons. The molecule has 2 atom stereocenters. The number of aryl methyl sites for hydroxylation is 1. The first kappa shape index (κ1) is 23.3. The minimum absolute atomic E-state index is 0.159. The fourth-order valence-corrected chi connectivity index (χ4v) is 4.41. The minimum atomic E-state index is -0.810. The Kier molecular flexibility index (Phi) is 5.82. The van der Waals surface area contributed by atoms with Gasteiger partial charge in [0.25, 0.3) is 5.56 Å². The summed E-state index contributed by atoms with van der Waals surface area (Å²) in [6.45, 7) is 4.73. The Hall–Kier alpha value is -4.42. The van der Waals surface area contributed by atoms with Gasteiger partial charge in [-0.1, -0.05) is 0 Å². The van der Waals surface area contributed by atoms with Crippen molar-refractivity contribution in [1.29, 1.82) is 0 Å². The van der Waals surface area contributed by atoms with Gasteiger partial charge in [-0.15, -0.1) is 0 Å². The minimum Gasteiger partial charge on any atom is -0.338 e. The number of amides is 1. The lowest BCUT2D eigenvalue weighted by Gasteiger charge is -2.20. The Bertz CT molecular complexity index is 1570. The summed E-state index contributed by atoms with van der Waals surface area (Å²) in [6, 6.07) is -0.399. The maximum atomic E-state index is 13.0. The van der Waals surface area contributed by atoms with Crippen LogP contribution in [0.4, 0.5) is 11.8 Å². The van der Waals surface area contributed by atoms with Crippen LogP contribution in [0.1, 0.15) is 32.7 Å². The van der Waals surface area contributed by atoms with E-state index >= 15 is 0 Å². The maximum absolute atomic E-state index is 13.0. The molecular weight excluding hydrogens is 464 g/mol. The number of rotatable bonds is 5. The third kappa shape index (κ3) is 3.91. The topological polar surface area (TPSA) is 146 Å². The number of anilines is 2. The van der Waals surface area contributed by atoms with Crippen molar-refractivity contribution >= 4 is 28.8 Å². The second-order valence-corrected chi connectivity index (χ2v) is 8.94. The van der Waals surface area contributed by atoms with Crippen LogP contribution in [0.2, 0.25) is 0 Å². The zero-order chi connectivity index (χ0) is 25.6. The molecule has 13 nitrogen and oxygen atoms in total. The number of carbonyl (C=O) groups excluding carboxylic acids is 1. The number of nitrogens with one attached hydrogen (secondary N) is 1. The van der Waals surface area contributed by atoms with E-state index in [0.29, 0.717) is 23.2 Å². The maximum Gasteiger partial charge on any atom is 0.332 e. The fraction of sp³-hybridized carbons (Fsp3) is 0.391. The number of carbonyl (C=O) groups is 1. The molecule has 36 heavy (non-hydrogen) atoms. The molecule has 186 valence electrons. The van der Waals surface area contributed by atoms with Gasteiger partial charge < -0.3 is 14.8 Å². The van der Waals surface area contributed by atoms with Crippen LogP contribution in [-0.4, -0.2) is 57.1 Å².